The third-order valence-corrected chi connectivity index (χ3v) is 2.57. The van der Waals surface area contributed by atoms with Crippen molar-refractivity contribution in [2.24, 2.45) is 0 Å². The highest BCUT2D eigenvalue weighted by atomic mass is 16.2. The van der Waals surface area contributed by atoms with E-state index in [0.29, 0.717) is 5.56 Å². The van der Waals surface area contributed by atoms with Crippen molar-refractivity contribution in [3.8, 4) is 0 Å². The highest BCUT2D eigenvalue weighted by Crippen LogP contribution is 2.16. The normalized spacial score (nSPS) is 11.9. The maximum Gasteiger partial charge on any atom is 0.222 e. The molecule has 0 saturated carbocycles. The number of nitrogens with zero attached hydrogens (tertiary/aromatic N) is 1. The molecule has 1 amide bonds. The Morgan fingerprint density at radius 2 is 1.76 bits per heavy atom. The Morgan fingerprint density at radius 1 is 1.24 bits per heavy atom. The van der Waals surface area contributed by atoms with Gasteiger partial charge in [0.25, 0.3) is 0 Å². The molecular weight excluding hydrogens is 213 g/mol. The van der Waals surface area contributed by atoms with Gasteiger partial charge in [-0.15, -0.1) is 0 Å². The van der Waals surface area contributed by atoms with Crippen molar-refractivity contribution in [2.45, 2.75) is 19.2 Å². The van der Waals surface area contributed by atoms with Crippen LogP contribution in [-0.2, 0) is 4.79 Å². The SMILES string of the molecule is [B]C(CC(=O)N(C)C)C(=O)c1ccc(C)cc1. The molecule has 2 radical (unpaired) electrons. The molecule has 0 fully saturated rings. The molecule has 3 nitrogen and oxygen atoms in total. The minimum atomic E-state index is -0.771. The maximum absolute atomic E-state index is 11.9. The van der Waals surface area contributed by atoms with Crippen molar-refractivity contribution in [3.05, 3.63) is 35.4 Å². The van der Waals surface area contributed by atoms with Gasteiger partial charge in [0.1, 0.15) is 0 Å². The summed E-state index contributed by atoms with van der Waals surface area (Å²) in [5.74, 6) is -1.11. The van der Waals surface area contributed by atoms with E-state index in [2.05, 4.69) is 0 Å². The van der Waals surface area contributed by atoms with E-state index in [1.54, 1.807) is 26.2 Å². The minimum absolute atomic E-state index is 0.0414. The van der Waals surface area contributed by atoms with E-state index in [1.807, 2.05) is 19.1 Å². The summed E-state index contributed by atoms with van der Waals surface area (Å²) in [6, 6.07) is 7.18. The standard InChI is InChI=1S/C13H16BNO2/c1-9-4-6-10(7-5-9)13(17)11(14)8-12(16)15(2)3/h4-7,11H,8H2,1-3H3. The number of carbonyl (C=O) groups excluding carboxylic acids is 2. The van der Waals surface area contributed by atoms with Crippen LogP contribution in [0.5, 0.6) is 0 Å². The lowest BCUT2D eigenvalue weighted by Crippen LogP contribution is -2.25. The molecule has 17 heavy (non-hydrogen) atoms. The van der Waals surface area contributed by atoms with Crippen LogP contribution in [0.15, 0.2) is 24.3 Å². The molecule has 0 aliphatic heterocycles. The zero-order chi connectivity index (χ0) is 13.0. The number of amides is 1. The lowest BCUT2D eigenvalue weighted by atomic mass is 9.78. The summed E-state index contributed by atoms with van der Waals surface area (Å²) < 4.78 is 0. The molecule has 0 spiro atoms. The Kier molecular flexibility index (Phi) is 4.49. The first-order chi connectivity index (χ1) is 7.91. The molecule has 0 aliphatic rings. The van der Waals surface area contributed by atoms with Crippen molar-refractivity contribution in [1.82, 2.24) is 4.90 Å². The molecule has 1 aromatic carbocycles. The fourth-order valence-corrected chi connectivity index (χ4v) is 1.40. The summed E-state index contributed by atoms with van der Waals surface area (Å²) in [5, 5.41) is 0. The fraction of sp³-hybridized carbons (Fsp3) is 0.385. The molecule has 1 unspecified atom stereocenters. The second-order valence-corrected chi connectivity index (χ2v) is 4.33. The summed E-state index contributed by atoms with van der Waals surface area (Å²) in [6.07, 6.45) is 0.0414. The average Bonchev–Trinajstić information content (AvgIpc) is 2.28. The van der Waals surface area contributed by atoms with Crippen LogP contribution in [0.25, 0.3) is 0 Å². The van der Waals surface area contributed by atoms with Gasteiger partial charge in [-0.2, -0.15) is 0 Å². The Morgan fingerprint density at radius 3 is 2.24 bits per heavy atom. The summed E-state index contributed by atoms with van der Waals surface area (Å²) in [5.41, 5.74) is 1.63. The predicted molar refractivity (Wildman–Crippen MR) is 68.3 cm³/mol. The van der Waals surface area contributed by atoms with Gasteiger partial charge in [-0.1, -0.05) is 29.8 Å². The summed E-state index contributed by atoms with van der Waals surface area (Å²) in [7, 11) is 9.02. The molecule has 88 valence electrons. The van der Waals surface area contributed by atoms with Gasteiger partial charge in [-0.3, -0.25) is 9.59 Å². The van der Waals surface area contributed by atoms with E-state index in [0.717, 1.165) is 5.56 Å². The molecule has 1 atom stereocenters. The monoisotopic (exact) mass is 229 g/mol. The van der Waals surface area contributed by atoms with Crippen LogP contribution in [0.1, 0.15) is 22.3 Å². The van der Waals surface area contributed by atoms with Crippen molar-refractivity contribution < 1.29 is 9.59 Å². The molecule has 0 bridgehead atoms. The maximum atomic E-state index is 11.9. The topological polar surface area (TPSA) is 37.4 Å². The first-order valence-electron chi connectivity index (χ1n) is 5.48. The van der Waals surface area contributed by atoms with Crippen LogP contribution in [0.4, 0.5) is 0 Å². The minimum Gasteiger partial charge on any atom is -0.349 e. The van der Waals surface area contributed by atoms with Crippen molar-refractivity contribution in [1.29, 1.82) is 0 Å². The molecule has 1 rings (SSSR count). The number of Topliss-reactive ketones (excluding diaryl/α,β-unsaturated/α-hetero) is 1. The van der Waals surface area contributed by atoms with Crippen LogP contribution in [0.3, 0.4) is 0 Å². The second-order valence-electron chi connectivity index (χ2n) is 4.33. The number of benzene rings is 1. The highest BCUT2D eigenvalue weighted by molar-refractivity contribution is 6.29. The first kappa shape index (κ1) is 13.5. The van der Waals surface area contributed by atoms with Gasteiger partial charge in [0, 0.05) is 26.1 Å². The van der Waals surface area contributed by atoms with E-state index in [1.165, 1.54) is 4.90 Å². The smallest absolute Gasteiger partial charge is 0.222 e. The van der Waals surface area contributed by atoms with Crippen molar-refractivity contribution >= 4 is 19.5 Å². The molecule has 1 aromatic rings. The Labute approximate surface area is 103 Å². The van der Waals surface area contributed by atoms with E-state index < -0.39 is 5.82 Å². The lowest BCUT2D eigenvalue weighted by Gasteiger charge is -2.14. The van der Waals surface area contributed by atoms with Crippen LogP contribution in [-0.4, -0.2) is 38.5 Å². The number of hydrogen-bond donors (Lipinski definition) is 0. The fourth-order valence-electron chi connectivity index (χ4n) is 1.40. The Bertz CT molecular complexity index is 412. The van der Waals surface area contributed by atoms with Crippen LogP contribution >= 0.6 is 0 Å². The second kappa shape index (κ2) is 5.66. The average molecular weight is 229 g/mol. The van der Waals surface area contributed by atoms with Crippen LogP contribution in [0.2, 0.25) is 5.82 Å². The number of rotatable bonds is 4. The number of ketones is 1. The Hall–Kier alpha value is -1.58. The van der Waals surface area contributed by atoms with Gasteiger partial charge < -0.3 is 4.90 Å². The molecular formula is C13H16BNO2. The molecule has 0 heterocycles. The summed E-state index contributed by atoms with van der Waals surface area (Å²) >= 11 is 0. The molecule has 0 aromatic heterocycles. The molecule has 0 N–H and O–H groups in total. The highest BCUT2D eigenvalue weighted by Gasteiger charge is 2.18. The largest absolute Gasteiger partial charge is 0.349 e. The van der Waals surface area contributed by atoms with Crippen molar-refractivity contribution in [2.75, 3.05) is 14.1 Å². The lowest BCUT2D eigenvalue weighted by molar-refractivity contribution is -0.128. The van der Waals surface area contributed by atoms with Crippen LogP contribution in [0, 0.1) is 6.92 Å². The van der Waals surface area contributed by atoms with Gasteiger partial charge in [0.2, 0.25) is 5.91 Å². The molecule has 0 aliphatic carbocycles. The van der Waals surface area contributed by atoms with Gasteiger partial charge in [-0.25, -0.2) is 0 Å². The summed E-state index contributed by atoms with van der Waals surface area (Å²) in [4.78, 5) is 24.8. The zero-order valence-corrected chi connectivity index (χ0v) is 10.4. The van der Waals surface area contributed by atoms with E-state index >= 15 is 0 Å². The van der Waals surface area contributed by atoms with E-state index in [9.17, 15) is 9.59 Å². The summed E-state index contributed by atoms with van der Waals surface area (Å²) in [6.45, 7) is 1.95. The third kappa shape index (κ3) is 3.73. The molecule has 4 heteroatoms. The van der Waals surface area contributed by atoms with E-state index in [4.69, 9.17) is 7.85 Å². The molecule has 0 saturated heterocycles. The third-order valence-electron chi connectivity index (χ3n) is 2.57. The van der Waals surface area contributed by atoms with Gasteiger partial charge in [0.05, 0.1) is 7.85 Å². The first-order valence-corrected chi connectivity index (χ1v) is 5.48. The van der Waals surface area contributed by atoms with E-state index in [-0.39, 0.29) is 18.1 Å². The van der Waals surface area contributed by atoms with Gasteiger partial charge in [0.15, 0.2) is 5.78 Å². The Balaban J connectivity index is 2.70. The van der Waals surface area contributed by atoms with Crippen molar-refractivity contribution in [3.63, 3.8) is 0 Å². The number of carbonyl (C=O) groups is 2. The zero-order valence-electron chi connectivity index (χ0n) is 10.4. The van der Waals surface area contributed by atoms with Gasteiger partial charge >= 0.3 is 0 Å². The quantitative estimate of drug-likeness (QED) is 0.581. The van der Waals surface area contributed by atoms with Gasteiger partial charge in [-0.05, 0) is 12.7 Å². The predicted octanol–water partition coefficient (Wildman–Crippen LogP) is 1.61. The number of aryl methyl sites for hydroxylation is 1. The van der Waals surface area contributed by atoms with Crippen LogP contribution < -0.4 is 0 Å². The number of hydrogen-bond acceptors (Lipinski definition) is 2.